The summed E-state index contributed by atoms with van der Waals surface area (Å²) in [7, 11) is 0. The predicted molar refractivity (Wildman–Crippen MR) is 61.2 cm³/mol. The lowest BCUT2D eigenvalue weighted by Crippen LogP contribution is -2.34. The first-order chi connectivity index (χ1) is 8.29. The van der Waals surface area contributed by atoms with Crippen molar-refractivity contribution in [2.45, 2.75) is 32.9 Å². The van der Waals surface area contributed by atoms with Gasteiger partial charge in [0.1, 0.15) is 11.9 Å². The summed E-state index contributed by atoms with van der Waals surface area (Å²) in [6.07, 6.45) is 0.594. The van der Waals surface area contributed by atoms with E-state index < -0.39 is 17.7 Å². The third kappa shape index (κ3) is 4.40. The van der Waals surface area contributed by atoms with Gasteiger partial charge in [-0.2, -0.15) is 5.10 Å². The summed E-state index contributed by atoms with van der Waals surface area (Å²) < 4.78 is 6.22. The first-order valence-corrected chi connectivity index (χ1v) is 5.37. The molecule has 8 heteroatoms. The van der Waals surface area contributed by atoms with Gasteiger partial charge in [0.15, 0.2) is 0 Å². The van der Waals surface area contributed by atoms with Crippen LogP contribution in [0.2, 0.25) is 0 Å². The number of aromatic carboxylic acids is 1. The van der Waals surface area contributed by atoms with Crippen LogP contribution in [0.4, 0.5) is 4.79 Å². The Morgan fingerprint density at radius 3 is 2.72 bits per heavy atom. The number of alkyl carbamates (subject to hydrolysis) is 1. The lowest BCUT2D eigenvalue weighted by atomic mass is 10.2. The quantitative estimate of drug-likeness (QED) is 0.812. The molecule has 0 bridgehead atoms. The molecule has 1 amide bonds. The Morgan fingerprint density at radius 2 is 2.17 bits per heavy atom. The van der Waals surface area contributed by atoms with E-state index in [1.807, 2.05) is 0 Å². The molecule has 1 aromatic rings. The molecule has 0 spiro atoms. The van der Waals surface area contributed by atoms with E-state index in [1.54, 1.807) is 20.8 Å². The van der Waals surface area contributed by atoms with Crippen LogP contribution in [0.5, 0.6) is 0 Å². The molecule has 0 radical (unpaired) electrons. The fourth-order valence-electron chi connectivity index (χ4n) is 1.17. The highest BCUT2D eigenvalue weighted by molar-refractivity contribution is 5.83. The van der Waals surface area contributed by atoms with Crippen molar-refractivity contribution in [2.75, 3.05) is 6.54 Å². The van der Waals surface area contributed by atoms with E-state index in [4.69, 9.17) is 9.84 Å². The second-order valence-electron chi connectivity index (χ2n) is 4.54. The summed E-state index contributed by atoms with van der Waals surface area (Å²) in [5.41, 5.74) is -0.566. The summed E-state index contributed by atoms with van der Waals surface area (Å²) in [5, 5.41) is 15.0. The topological polar surface area (TPSA) is 106 Å². The standard InChI is InChI=1S/C10H16N4O4/c1-10(2,3)18-9(17)11-4-5-14-7(8(15)16)12-6-13-14/h6H,4-5H2,1-3H3,(H,11,17)(H,15,16). The van der Waals surface area contributed by atoms with Gasteiger partial charge in [-0.3, -0.25) is 0 Å². The molecule has 1 rings (SSSR count). The summed E-state index contributed by atoms with van der Waals surface area (Å²) in [5.74, 6) is -1.33. The molecule has 0 saturated carbocycles. The van der Waals surface area contributed by atoms with Gasteiger partial charge in [-0.05, 0) is 20.8 Å². The first kappa shape index (κ1) is 13.9. The Labute approximate surface area is 104 Å². The monoisotopic (exact) mass is 256 g/mol. The lowest BCUT2D eigenvalue weighted by molar-refractivity contribution is 0.0525. The van der Waals surface area contributed by atoms with Crippen LogP contribution < -0.4 is 5.32 Å². The number of rotatable bonds is 4. The minimum Gasteiger partial charge on any atom is -0.475 e. The molecule has 2 N–H and O–H groups in total. The Bertz CT molecular complexity index is 435. The number of nitrogens with one attached hydrogen (secondary N) is 1. The van der Waals surface area contributed by atoms with Gasteiger partial charge in [0.05, 0.1) is 6.54 Å². The number of ether oxygens (including phenoxy) is 1. The molecule has 0 unspecified atom stereocenters. The van der Waals surface area contributed by atoms with Gasteiger partial charge in [0, 0.05) is 6.54 Å². The highest BCUT2D eigenvalue weighted by atomic mass is 16.6. The number of hydrogen-bond acceptors (Lipinski definition) is 5. The normalized spacial score (nSPS) is 11.1. The van der Waals surface area contributed by atoms with Gasteiger partial charge >= 0.3 is 12.1 Å². The Balaban J connectivity index is 2.40. The SMILES string of the molecule is CC(C)(C)OC(=O)NCCn1ncnc1C(=O)O. The molecular formula is C10H16N4O4. The largest absolute Gasteiger partial charge is 0.475 e. The van der Waals surface area contributed by atoms with Gasteiger partial charge in [-0.25, -0.2) is 19.3 Å². The van der Waals surface area contributed by atoms with Crippen LogP contribution in [0.15, 0.2) is 6.33 Å². The molecular weight excluding hydrogens is 240 g/mol. The van der Waals surface area contributed by atoms with Gasteiger partial charge < -0.3 is 15.2 Å². The van der Waals surface area contributed by atoms with Crippen molar-refractivity contribution in [1.29, 1.82) is 0 Å². The Kier molecular flexibility index (Phi) is 4.24. The Hall–Kier alpha value is -2.12. The van der Waals surface area contributed by atoms with Crippen molar-refractivity contribution in [2.24, 2.45) is 0 Å². The molecule has 1 heterocycles. The number of amides is 1. The van der Waals surface area contributed by atoms with Crippen LogP contribution in [0.3, 0.4) is 0 Å². The van der Waals surface area contributed by atoms with Crippen LogP contribution in [0.1, 0.15) is 31.4 Å². The molecule has 100 valence electrons. The number of carboxylic acids is 1. The molecule has 0 aliphatic rings. The van der Waals surface area contributed by atoms with Crippen molar-refractivity contribution in [1.82, 2.24) is 20.1 Å². The fourth-order valence-corrected chi connectivity index (χ4v) is 1.17. The van der Waals surface area contributed by atoms with Crippen LogP contribution in [0, 0.1) is 0 Å². The minimum absolute atomic E-state index is 0.166. The van der Waals surface area contributed by atoms with Gasteiger partial charge in [-0.15, -0.1) is 0 Å². The number of aromatic nitrogens is 3. The molecule has 0 saturated heterocycles. The highest BCUT2D eigenvalue weighted by Gasteiger charge is 2.16. The number of carbonyl (C=O) groups excluding carboxylic acids is 1. The zero-order valence-electron chi connectivity index (χ0n) is 10.5. The van der Waals surface area contributed by atoms with E-state index in [-0.39, 0.29) is 18.9 Å². The second kappa shape index (κ2) is 5.48. The molecule has 1 aromatic heterocycles. The minimum atomic E-state index is -1.16. The van der Waals surface area contributed by atoms with Crippen LogP contribution in [-0.4, -0.2) is 44.1 Å². The number of carbonyl (C=O) groups is 2. The highest BCUT2D eigenvalue weighted by Crippen LogP contribution is 2.06. The molecule has 0 fully saturated rings. The van der Waals surface area contributed by atoms with Crippen molar-refractivity contribution in [3.63, 3.8) is 0 Å². The van der Waals surface area contributed by atoms with Crippen molar-refractivity contribution < 1.29 is 19.4 Å². The fraction of sp³-hybridized carbons (Fsp3) is 0.600. The van der Waals surface area contributed by atoms with E-state index in [9.17, 15) is 9.59 Å². The van der Waals surface area contributed by atoms with E-state index in [0.29, 0.717) is 0 Å². The second-order valence-corrected chi connectivity index (χ2v) is 4.54. The summed E-state index contributed by atoms with van der Waals surface area (Å²) in [4.78, 5) is 25.6. The van der Waals surface area contributed by atoms with E-state index >= 15 is 0 Å². The third-order valence-corrected chi connectivity index (χ3v) is 1.80. The van der Waals surface area contributed by atoms with Gasteiger partial charge in [0.25, 0.3) is 0 Å². The van der Waals surface area contributed by atoms with Crippen LogP contribution in [-0.2, 0) is 11.3 Å². The van der Waals surface area contributed by atoms with E-state index in [2.05, 4.69) is 15.4 Å². The summed E-state index contributed by atoms with van der Waals surface area (Å²) >= 11 is 0. The zero-order valence-corrected chi connectivity index (χ0v) is 10.5. The molecule has 0 aliphatic heterocycles. The molecule has 18 heavy (non-hydrogen) atoms. The first-order valence-electron chi connectivity index (χ1n) is 5.37. The maximum Gasteiger partial charge on any atom is 0.407 e. The maximum absolute atomic E-state index is 11.3. The van der Waals surface area contributed by atoms with E-state index in [0.717, 1.165) is 6.33 Å². The lowest BCUT2D eigenvalue weighted by Gasteiger charge is -2.19. The van der Waals surface area contributed by atoms with Crippen molar-refractivity contribution in [3.8, 4) is 0 Å². The predicted octanol–water partition coefficient (Wildman–Crippen LogP) is 0.501. The van der Waals surface area contributed by atoms with Crippen LogP contribution in [0.25, 0.3) is 0 Å². The van der Waals surface area contributed by atoms with Crippen molar-refractivity contribution >= 4 is 12.1 Å². The molecule has 0 aromatic carbocycles. The third-order valence-electron chi connectivity index (χ3n) is 1.80. The smallest absolute Gasteiger partial charge is 0.407 e. The molecule has 8 nitrogen and oxygen atoms in total. The summed E-state index contributed by atoms with van der Waals surface area (Å²) in [6.45, 7) is 5.69. The number of carboxylic acid groups (broad SMARTS) is 1. The Morgan fingerprint density at radius 1 is 1.50 bits per heavy atom. The molecule has 0 atom stereocenters. The average Bonchev–Trinajstić information content (AvgIpc) is 2.62. The zero-order chi connectivity index (χ0) is 13.8. The maximum atomic E-state index is 11.3. The van der Waals surface area contributed by atoms with Crippen molar-refractivity contribution in [3.05, 3.63) is 12.2 Å². The van der Waals surface area contributed by atoms with Crippen LogP contribution >= 0.6 is 0 Å². The number of nitrogens with zero attached hydrogens (tertiary/aromatic N) is 3. The van der Waals surface area contributed by atoms with Gasteiger partial charge in [-0.1, -0.05) is 0 Å². The number of hydrogen-bond donors (Lipinski definition) is 2. The van der Waals surface area contributed by atoms with Gasteiger partial charge in [0.2, 0.25) is 5.82 Å². The van der Waals surface area contributed by atoms with E-state index in [1.165, 1.54) is 4.68 Å². The average molecular weight is 256 g/mol. The summed E-state index contributed by atoms with van der Waals surface area (Å²) in [6, 6.07) is 0. The molecule has 0 aliphatic carbocycles.